The van der Waals surface area contributed by atoms with Crippen molar-refractivity contribution in [2.45, 2.75) is 0 Å². The van der Waals surface area contributed by atoms with Crippen molar-refractivity contribution in [3.8, 4) is 0 Å². The molecular weight excluding hydrogens is 245 g/mol. The van der Waals surface area contributed by atoms with Crippen LogP contribution in [-0.4, -0.2) is 53.0 Å². The summed E-state index contributed by atoms with van der Waals surface area (Å²) in [5.41, 5.74) is 0. The van der Waals surface area contributed by atoms with Gasteiger partial charge in [-0.1, -0.05) is 0 Å². The van der Waals surface area contributed by atoms with Crippen LogP contribution in [0.2, 0.25) is 0 Å². The van der Waals surface area contributed by atoms with Crippen LogP contribution in [0.1, 0.15) is 0 Å². The number of ether oxygens (including phenoxy) is 1. The molecule has 0 saturated carbocycles. The second-order valence-electron chi connectivity index (χ2n) is 2.50. The van der Waals surface area contributed by atoms with E-state index in [2.05, 4.69) is 4.74 Å². The van der Waals surface area contributed by atoms with Crippen LogP contribution in [0.3, 0.4) is 0 Å². The molecule has 92 valence electrons. The Balaban J connectivity index is 3.90. The number of nitrogens with zero attached hydrogens (tertiary/aromatic N) is 3. The van der Waals surface area contributed by atoms with Gasteiger partial charge in [0.2, 0.25) is 6.54 Å². The third kappa shape index (κ3) is 6.01. The molecule has 2 amide bonds. The summed E-state index contributed by atoms with van der Waals surface area (Å²) in [5.74, 6) is 0. The minimum atomic E-state index is -1.73. The first-order valence-corrected chi connectivity index (χ1v) is 4.71. The molecule has 0 radical (unpaired) electrons. The zero-order chi connectivity index (χ0) is 12.7. The van der Waals surface area contributed by atoms with Crippen molar-refractivity contribution in [3.63, 3.8) is 0 Å². The molecule has 0 atom stereocenters. The standard InChI is InChI=1S/C6H10FN3O5S/c1-8(5(7)11)16-9(2)6(12)15-4-3-10(13)14/h3-4H2,1-2H3. The summed E-state index contributed by atoms with van der Waals surface area (Å²) >= 11 is 0.472. The smallest absolute Gasteiger partial charge is 0.421 e. The maximum atomic E-state index is 12.1. The predicted octanol–water partition coefficient (Wildman–Crippen LogP) is 0.916. The minimum Gasteiger partial charge on any atom is -0.442 e. The van der Waals surface area contributed by atoms with Gasteiger partial charge in [-0.15, -0.1) is 4.39 Å². The topological polar surface area (TPSA) is 93.0 Å². The molecule has 10 heteroatoms. The summed E-state index contributed by atoms with van der Waals surface area (Å²) in [7, 11) is 2.35. The van der Waals surface area contributed by atoms with Crippen LogP contribution in [0.4, 0.5) is 14.0 Å². The zero-order valence-electron chi connectivity index (χ0n) is 8.58. The summed E-state index contributed by atoms with van der Waals surface area (Å²) < 4.78 is 17.9. The van der Waals surface area contributed by atoms with E-state index >= 15 is 0 Å². The van der Waals surface area contributed by atoms with E-state index in [-0.39, 0.29) is 6.61 Å². The molecule has 0 saturated heterocycles. The van der Waals surface area contributed by atoms with Gasteiger partial charge in [-0.25, -0.2) is 18.2 Å². The number of nitro groups is 1. The fourth-order valence-corrected chi connectivity index (χ4v) is 1.10. The second kappa shape index (κ2) is 6.82. The molecular formula is C6H10FN3O5S. The van der Waals surface area contributed by atoms with Crippen molar-refractivity contribution in [1.82, 2.24) is 8.61 Å². The number of rotatable bonds is 5. The fraction of sp³-hybridized carbons (Fsp3) is 0.667. The Labute approximate surface area is 94.7 Å². The lowest BCUT2D eigenvalue weighted by Gasteiger charge is -2.18. The van der Waals surface area contributed by atoms with E-state index in [4.69, 9.17) is 0 Å². The van der Waals surface area contributed by atoms with E-state index in [9.17, 15) is 24.1 Å². The van der Waals surface area contributed by atoms with Gasteiger partial charge in [0, 0.05) is 19.0 Å². The van der Waals surface area contributed by atoms with Crippen LogP contribution in [0.5, 0.6) is 0 Å². The average Bonchev–Trinajstić information content (AvgIpc) is 2.16. The normalized spacial score (nSPS) is 9.44. The van der Waals surface area contributed by atoms with E-state index in [0.29, 0.717) is 16.4 Å². The van der Waals surface area contributed by atoms with Crippen molar-refractivity contribution >= 4 is 24.4 Å². The van der Waals surface area contributed by atoms with Crippen LogP contribution < -0.4 is 0 Å². The summed E-state index contributed by atoms with van der Waals surface area (Å²) in [6.45, 7) is -0.897. The molecule has 0 aromatic rings. The highest BCUT2D eigenvalue weighted by Gasteiger charge is 2.17. The fourth-order valence-electron chi connectivity index (χ4n) is 0.548. The molecule has 0 heterocycles. The van der Waals surface area contributed by atoms with Gasteiger partial charge in [0.15, 0.2) is 6.61 Å². The van der Waals surface area contributed by atoms with Crippen molar-refractivity contribution in [1.29, 1.82) is 0 Å². The van der Waals surface area contributed by atoms with Crippen molar-refractivity contribution < 1.29 is 23.6 Å². The van der Waals surface area contributed by atoms with Gasteiger partial charge in [-0.05, 0) is 0 Å². The summed E-state index contributed by atoms with van der Waals surface area (Å²) in [4.78, 5) is 30.5. The van der Waals surface area contributed by atoms with Crippen LogP contribution in [0.25, 0.3) is 0 Å². The van der Waals surface area contributed by atoms with Gasteiger partial charge in [0.05, 0.1) is 12.1 Å². The van der Waals surface area contributed by atoms with Crippen LogP contribution >= 0.6 is 12.1 Å². The molecule has 0 aromatic heterocycles. The monoisotopic (exact) mass is 255 g/mol. The van der Waals surface area contributed by atoms with Gasteiger partial charge in [0.1, 0.15) is 0 Å². The number of hydrogen-bond donors (Lipinski definition) is 0. The van der Waals surface area contributed by atoms with Crippen molar-refractivity contribution in [2.75, 3.05) is 27.2 Å². The molecule has 0 rings (SSSR count). The van der Waals surface area contributed by atoms with E-state index in [1.54, 1.807) is 0 Å². The average molecular weight is 255 g/mol. The number of carbonyl (C=O) groups excluding carboxylic acids is 2. The van der Waals surface area contributed by atoms with Gasteiger partial charge >= 0.3 is 12.3 Å². The quantitative estimate of drug-likeness (QED) is 0.238. The van der Waals surface area contributed by atoms with E-state index in [1.165, 1.54) is 7.05 Å². The van der Waals surface area contributed by atoms with Crippen LogP contribution in [0, 0.1) is 10.1 Å². The number of halogens is 1. The molecule has 8 nitrogen and oxygen atoms in total. The molecule has 0 unspecified atom stereocenters. The Kier molecular flexibility index (Phi) is 6.15. The largest absolute Gasteiger partial charge is 0.442 e. The molecule has 0 aliphatic heterocycles. The minimum absolute atomic E-state index is 0.385. The molecule has 0 aliphatic rings. The van der Waals surface area contributed by atoms with Crippen molar-refractivity contribution in [2.24, 2.45) is 0 Å². The second-order valence-corrected chi connectivity index (χ2v) is 3.76. The molecule has 0 aromatic carbocycles. The van der Waals surface area contributed by atoms with Gasteiger partial charge in [-0.2, -0.15) is 0 Å². The Morgan fingerprint density at radius 3 is 2.44 bits per heavy atom. The Morgan fingerprint density at radius 2 is 2.00 bits per heavy atom. The highest BCUT2D eigenvalue weighted by Crippen LogP contribution is 2.13. The molecule has 0 bridgehead atoms. The van der Waals surface area contributed by atoms with E-state index < -0.39 is 23.7 Å². The first kappa shape index (κ1) is 14.4. The molecule has 0 N–H and O–H groups in total. The van der Waals surface area contributed by atoms with Crippen LogP contribution in [-0.2, 0) is 4.74 Å². The number of amides is 2. The Hall–Kier alpha value is -1.58. The summed E-state index contributed by atoms with van der Waals surface area (Å²) in [6, 6.07) is 0. The Bertz CT molecular complexity index is 289. The summed E-state index contributed by atoms with van der Waals surface area (Å²) in [6.07, 6.45) is -2.63. The molecule has 0 aliphatic carbocycles. The maximum absolute atomic E-state index is 12.1. The highest BCUT2D eigenvalue weighted by molar-refractivity contribution is 7.95. The number of carbonyl (C=O) groups is 2. The molecule has 0 spiro atoms. The van der Waals surface area contributed by atoms with E-state index in [0.717, 1.165) is 11.4 Å². The maximum Gasteiger partial charge on any atom is 0.421 e. The first-order valence-electron chi connectivity index (χ1n) is 3.98. The summed E-state index contributed by atoms with van der Waals surface area (Å²) in [5, 5.41) is 9.91. The molecule has 16 heavy (non-hydrogen) atoms. The first-order chi connectivity index (χ1) is 7.34. The lowest BCUT2D eigenvalue weighted by molar-refractivity contribution is -0.482. The van der Waals surface area contributed by atoms with Gasteiger partial charge < -0.3 is 4.74 Å². The van der Waals surface area contributed by atoms with Gasteiger partial charge in [-0.3, -0.25) is 10.1 Å². The van der Waals surface area contributed by atoms with E-state index in [1.807, 2.05) is 0 Å². The lowest BCUT2D eigenvalue weighted by atomic mass is 10.7. The third-order valence-corrected chi connectivity index (χ3v) is 2.03. The SMILES string of the molecule is CN(SN(C)C(=O)OCC[N+](=O)[O-])C(=O)F. The third-order valence-electron chi connectivity index (χ3n) is 1.25. The lowest BCUT2D eigenvalue weighted by Crippen LogP contribution is -2.28. The van der Waals surface area contributed by atoms with Crippen molar-refractivity contribution in [3.05, 3.63) is 10.1 Å². The number of hydrogen-bond acceptors (Lipinski definition) is 6. The zero-order valence-corrected chi connectivity index (χ0v) is 9.40. The van der Waals surface area contributed by atoms with Crippen LogP contribution in [0.15, 0.2) is 0 Å². The van der Waals surface area contributed by atoms with Gasteiger partial charge in [0.25, 0.3) is 0 Å². The Morgan fingerprint density at radius 1 is 1.44 bits per heavy atom. The predicted molar refractivity (Wildman–Crippen MR) is 52.8 cm³/mol. The molecule has 0 fully saturated rings. The highest BCUT2D eigenvalue weighted by atomic mass is 32.2.